The topological polar surface area (TPSA) is 75.3 Å². The average Bonchev–Trinajstić information content (AvgIpc) is 2.90. The molecule has 2 aromatic rings. The SMILES string of the molecule is CN=C(NCCc1nc(C)no1)NCc1ccc(Cl)cc1.I. The molecule has 0 amide bonds. The largest absolute Gasteiger partial charge is 0.356 e. The molecular formula is C14H19ClIN5O. The summed E-state index contributed by atoms with van der Waals surface area (Å²) in [5.74, 6) is 1.99. The Bertz CT molecular complexity index is 600. The van der Waals surface area contributed by atoms with Gasteiger partial charge in [-0.15, -0.1) is 24.0 Å². The Balaban J connectivity index is 0.00000242. The molecule has 1 aromatic carbocycles. The molecular weight excluding hydrogens is 417 g/mol. The zero-order valence-electron chi connectivity index (χ0n) is 12.5. The summed E-state index contributed by atoms with van der Waals surface area (Å²) in [4.78, 5) is 8.30. The Morgan fingerprint density at radius 1 is 1.27 bits per heavy atom. The van der Waals surface area contributed by atoms with Gasteiger partial charge in [-0.05, 0) is 24.6 Å². The summed E-state index contributed by atoms with van der Waals surface area (Å²) in [5.41, 5.74) is 1.13. The van der Waals surface area contributed by atoms with Crippen LogP contribution in [0.25, 0.3) is 0 Å². The van der Waals surface area contributed by atoms with Crippen LogP contribution in [-0.4, -0.2) is 29.7 Å². The maximum atomic E-state index is 5.85. The maximum Gasteiger partial charge on any atom is 0.228 e. The number of halogens is 2. The number of rotatable bonds is 5. The highest BCUT2D eigenvalue weighted by molar-refractivity contribution is 14.0. The highest BCUT2D eigenvalue weighted by Crippen LogP contribution is 2.08. The molecule has 8 heteroatoms. The number of nitrogens with zero attached hydrogens (tertiary/aromatic N) is 3. The van der Waals surface area contributed by atoms with Crippen LogP contribution in [0.3, 0.4) is 0 Å². The summed E-state index contributed by atoms with van der Waals surface area (Å²) in [7, 11) is 1.73. The van der Waals surface area contributed by atoms with Crippen LogP contribution >= 0.6 is 35.6 Å². The predicted octanol–water partition coefficient (Wildman–Crippen LogP) is 2.56. The summed E-state index contributed by atoms with van der Waals surface area (Å²) in [6.07, 6.45) is 0.655. The fourth-order valence-corrected chi connectivity index (χ4v) is 1.86. The normalized spacial score (nSPS) is 11.0. The third kappa shape index (κ3) is 6.18. The van der Waals surface area contributed by atoms with Crippen molar-refractivity contribution < 1.29 is 4.52 Å². The minimum Gasteiger partial charge on any atom is -0.356 e. The van der Waals surface area contributed by atoms with Gasteiger partial charge in [-0.2, -0.15) is 4.98 Å². The van der Waals surface area contributed by atoms with Crippen LogP contribution in [0.4, 0.5) is 0 Å². The van der Waals surface area contributed by atoms with E-state index in [0.717, 1.165) is 16.5 Å². The maximum absolute atomic E-state index is 5.85. The summed E-state index contributed by atoms with van der Waals surface area (Å²) in [5, 5.41) is 10.9. The summed E-state index contributed by atoms with van der Waals surface area (Å²) in [6, 6.07) is 7.69. The number of guanidine groups is 1. The summed E-state index contributed by atoms with van der Waals surface area (Å²) >= 11 is 5.85. The van der Waals surface area contributed by atoms with E-state index in [1.807, 2.05) is 24.3 Å². The van der Waals surface area contributed by atoms with Crippen LogP contribution in [0.15, 0.2) is 33.8 Å². The molecule has 0 saturated heterocycles. The second kappa shape index (κ2) is 9.62. The number of aliphatic imine (C=N–C) groups is 1. The van der Waals surface area contributed by atoms with Gasteiger partial charge in [-0.3, -0.25) is 4.99 Å². The molecule has 2 N–H and O–H groups in total. The Morgan fingerprint density at radius 3 is 2.59 bits per heavy atom. The van der Waals surface area contributed by atoms with Crippen molar-refractivity contribution in [2.45, 2.75) is 19.9 Å². The fraction of sp³-hybridized carbons (Fsp3) is 0.357. The van der Waals surface area contributed by atoms with Crippen LogP contribution in [0.1, 0.15) is 17.3 Å². The Labute approximate surface area is 151 Å². The zero-order valence-corrected chi connectivity index (χ0v) is 15.6. The molecule has 0 radical (unpaired) electrons. The molecule has 1 heterocycles. The van der Waals surface area contributed by atoms with Crippen molar-refractivity contribution in [3.05, 3.63) is 46.6 Å². The first kappa shape index (κ1) is 18.7. The van der Waals surface area contributed by atoms with Crippen molar-refractivity contribution in [3.8, 4) is 0 Å². The molecule has 2 rings (SSSR count). The standard InChI is InChI=1S/C14H18ClN5O.HI/c1-10-19-13(21-20-10)7-8-17-14(16-2)18-9-11-3-5-12(15)6-4-11;/h3-6H,7-9H2,1-2H3,(H2,16,17,18);1H. The van der Waals surface area contributed by atoms with E-state index in [9.17, 15) is 0 Å². The molecule has 22 heavy (non-hydrogen) atoms. The van der Waals surface area contributed by atoms with Crippen molar-refractivity contribution in [1.82, 2.24) is 20.8 Å². The fourth-order valence-electron chi connectivity index (χ4n) is 1.74. The van der Waals surface area contributed by atoms with Gasteiger partial charge in [0.25, 0.3) is 0 Å². The Morgan fingerprint density at radius 2 is 2.00 bits per heavy atom. The van der Waals surface area contributed by atoms with Gasteiger partial charge < -0.3 is 15.2 Å². The van der Waals surface area contributed by atoms with E-state index in [-0.39, 0.29) is 24.0 Å². The molecule has 6 nitrogen and oxygen atoms in total. The second-order valence-corrected chi connectivity index (χ2v) is 4.90. The number of aryl methyl sites for hydroxylation is 1. The molecule has 0 aliphatic heterocycles. The monoisotopic (exact) mass is 435 g/mol. The lowest BCUT2D eigenvalue weighted by Gasteiger charge is -2.11. The van der Waals surface area contributed by atoms with Gasteiger partial charge >= 0.3 is 0 Å². The number of hydrogen-bond acceptors (Lipinski definition) is 4. The second-order valence-electron chi connectivity index (χ2n) is 4.46. The first-order valence-electron chi connectivity index (χ1n) is 6.65. The molecule has 0 saturated carbocycles. The van der Waals surface area contributed by atoms with Crippen molar-refractivity contribution in [2.24, 2.45) is 4.99 Å². The lowest BCUT2D eigenvalue weighted by Crippen LogP contribution is -2.37. The minimum atomic E-state index is 0. The van der Waals surface area contributed by atoms with Gasteiger partial charge in [0.05, 0.1) is 0 Å². The summed E-state index contributed by atoms with van der Waals surface area (Å²) < 4.78 is 5.05. The molecule has 0 fully saturated rings. The van der Waals surface area contributed by atoms with Gasteiger partial charge in [0.2, 0.25) is 5.89 Å². The van der Waals surface area contributed by atoms with Gasteiger partial charge in [-0.25, -0.2) is 0 Å². The van der Waals surface area contributed by atoms with E-state index >= 15 is 0 Å². The lowest BCUT2D eigenvalue weighted by atomic mass is 10.2. The number of hydrogen-bond donors (Lipinski definition) is 2. The van der Waals surface area contributed by atoms with Crippen LogP contribution in [0.5, 0.6) is 0 Å². The smallest absolute Gasteiger partial charge is 0.228 e. The van der Waals surface area contributed by atoms with Crippen molar-refractivity contribution in [3.63, 3.8) is 0 Å². The lowest BCUT2D eigenvalue weighted by molar-refractivity contribution is 0.374. The van der Waals surface area contributed by atoms with Crippen LogP contribution < -0.4 is 10.6 Å². The van der Waals surface area contributed by atoms with Gasteiger partial charge in [-0.1, -0.05) is 28.9 Å². The molecule has 0 bridgehead atoms. The first-order chi connectivity index (χ1) is 10.2. The third-order valence-electron chi connectivity index (χ3n) is 2.80. The Hall–Kier alpha value is -1.35. The van der Waals surface area contributed by atoms with E-state index in [2.05, 4.69) is 25.8 Å². The molecule has 0 aliphatic rings. The van der Waals surface area contributed by atoms with E-state index in [0.29, 0.717) is 31.2 Å². The molecule has 0 atom stereocenters. The van der Waals surface area contributed by atoms with Gasteiger partial charge in [0, 0.05) is 31.6 Å². The van der Waals surface area contributed by atoms with Crippen molar-refractivity contribution in [2.75, 3.05) is 13.6 Å². The first-order valence-corrected chi connectivity index (χ1v) is 7.03. The van der Waals surface area contributed by atoms with Crippen LogP contribution in [0, 0.1) is 6.92 Å². The Kier molecular flexibility index (Phi) is 8.18. The minimum absolute atomic E-state index is 0. The summed E-state index contributed by atoms with van der Waals surface area (Å²) in [6.45, 7) is 3.14. The van der Waals surface area contributed by atoms with Gasteiger partial charge in [0.1, 0.15) is 0 Å². The van der Waals surface area contributed by atoms with E-state index < -0.39 is 0 Å². The molecule has 0 unspecified atom stereocenters. The average molecular weight is 436 g/mol. The van der Waals surface area contributed by atoms with Crippen molar-refractivity contribution in [1.29, 1.82) is 0 Å². The number of nitrogens with one attached hydrogen (secondary N) is 2. The van der Waals surface area contributed by atoms with Crippen LogP contribution in [-0.2, 0) is 13.0 Å². The number of aromatic nitrogens is 2. The molecule has 1 aromatic heterocycles. The molecule has 0 spiro atoms. The highest BCUT2D eigenvalue weighted by atomic mass is 127. The van der Waals surface area contributed by atoms with E-state index in [1.54, 1.807) is 14.0 Å². The quantitative estimate of drug-likeness (QED) is 0.429. The highest BCUT2D eigenvalue weighted by Gasteiger charge is 2.03. The zero-order chi connectivity index (χ0) is 15.1. The van der Waals surface area contributed by atoms with E-state index in [4.69, 9.17) is 16.1 Å². The molecule has 0 aliphatic carbocycles. The van der Waals surface area contributed by atoms with E-state index in [1.165, 1.54) is 0 Å². The van der Waals surface area contributed by atoms with Crippen LogP contribution in [0.2, 0.25) is 5.02 Å². The third-order valence-corrected chi connectivity index (χ3v) is 3.05. The van der Waals surface area contributed by atoms with Gasteiger partial charge in [0.15, 0.2) is 11.8 Å². The van der Waals surface area contributed by atoms with Crippen molar-refractivity contribution >= 4 is 41.5 Å². The number of benzene rings is 1. The predicted molar refractivity (Wildman–Crippen MR) is 97.8 cm³/mol. The molecule has 120 valence electrons.